The molecule has 1 fully saturated rings. The van der Waals surface area contributed by atoms with E-state index in [1.54, 1.807) is 6.20 Å². The van der Waals surface area contributed by atoms with E-state index in [0.29, 0.717) is 19.6 Å². The SMILES string of the molecule is Cc1cccc(NC(=O)N2CC[C@]3(C2)Nc2cccnc2NC3=NCc2ccccc2)c1. The Bertz CT molecular complexity index is 1160. The highest BCUT2D eigenvalue weighted by atomic mass is 16.2. The molecule has 1 aromatic heterocycles. The molecule has 32 heavy (non-hydrogen) atoms. The summed E-state index contributed by atoms with van der Waals surface area (Å²) in [6, 6.07) is 21.8. The Labute approximate surface area is 187 Å². The van der Waals surface area contributed by atoms with Crippen LogP contribution in [0.3, 0.4) is 0 Å². The van der Waals surface area contributed by atoms with Crippen molar-refractivity contribution in [3.63, 3.8) is 0 Å². The minimum Gasteiger partial charge on any atom is -0.368 e. The highest BCUT2D eigenvalue weighted by Crippen LogP contribution is 2.35. The molecule has 5 rings (SSSR count). The second-order valence-corrected chi connectivity index (χ2v) is 8.35. The van der Waals surface area contributed by atoms with Crippen molar-refractivity contribution < 1.29 is 4.79 Å². The normalized spacial score (nSPS) is 20.5. The number of fused-ring (bicyclic) bond motifs is 1. The number of hydrogen-bond acceptors (Lipinski definition) is 4. The lowest BCUT2D eigenvalue weighted by Gasteiger charge is -2.38. The molecule has 3 heterocycles. The number of benzene rings is 2. The predicted octanol–water partition coefficient (Wildman–Crippen LogP) is 4.50. The van der Waals surface area contributed by atoms with Crippen LogP contribution in [-0.4, -0.2) is 40.4 Å². The van der Waals surface area contributed by atoms with Crippen molar-refractivity contribution in [3.05, 3.63) is 84.1 Å². The zero-order valence-electron chi connectivity index (χ0n) is 18.0. The minimum absolute atomic E-state index is 0.103. The molecule has 0 radical (unpaired) electrons. The van der Waals surface area contributed by atoms with Gasteiger partial charge in [-0.15, -0.1) is 0 Å². The molecule has 2 amide bonds. The van der Waals surface area contributed by atoms with Crippen molar-refractivity contribution in [2.45, 2.75) is 25.4 Å². The van der Waals surface area contributed by atoms with Crippen molar-refractivity contribution in [1.29, 1.82) is 0 Å². The van der Waals surface area contributed by atoms with Gasteiger partial charge in [0.05, 0.1) is 18.8 Å². The lowest BCUT2D eigenvalue weighted by molar-refractivity contribution is 0.221. The number of urea groups is 1. The Morgan fingerprint density at radius 3 is 2.88 bits per heavy atom. The largest absolute Gasteiger partial charge is 0.368 e. The molecule has 0 saturated carbocycles. The molecule has 2 aromatic carbocycles. The average Bonchev–Trinajstić information content (AvgIpc) is 3.23. The first-order valence-electron chi connectivity index (χ1n) is 10.8. The van der Waals surface area contributed by atoms with Gasteiger partial charge < -0.3 is 20.9 Å². The number of amides is 2. The molecule has 2 aliphatic heterocycles. The minimum atomic E-state index is -0.477. The summed E-state index contributed by atoms with van der Waals surface area (Å²) in [6.07, 6.45) is 2.51. The van der Waals surface area contributed by atoms with Crippen molar-refractivity contribution in [3.8, 4) is 0 Å². The van der Waals surface area contributed by atoms with Crippen LogP contribution in [0.1, 0.15) is 17.5 Å². The molecule has 7 nitrogen and oxygen atoms in total. The number of rotatable bonds is 3. The molecule has 3 aromatic rings. The van der Waals surface area contributed by atoms with E-state index in [0.717, 1.165) is 40.6 Å². The number of nitrogens with one attached hydrogen (secondary N) is 3. The summed E-state index contributed by atoms with van der Waals surface area (Å²) in [7, 11) is 0. The van der Waals surface area contributed by atoms with E-state index in [1.165, 1.54) is 0 Å². The number of carbonyl (C=O) groups is 1. The monoisotopic (exact) mass is 426 g/mol. The summed E-state index contributed by atoms with van der Waals surface area (Å²) in [5.74, 6) is 1.58. The highest BCUT2D eigenvalue weighted by Gasteiger charge is 2.47. The summed E-state index contributed by atoms with van der Waals surface area (Å²) in [5.41, 5.74) is 3.49. The van der Waals surface area contributed by atoms with E-state index < -0.39 is 5.54 Å². The summed E-state index contributed by atoms with van der Waals surface area (Å²) < 4.78 is 0. The number of hydrogen-bond donors (Lipinski definition) is 3. The molecule has 162 valence electrons. The van der Waals surface area contributed by atoms with E-state index >= 15 is 0 Å². The average molecular weight is 427 g/mol. The van der Waals surface area contributed by atoms with Gasteiger partial charge in [0.2, 0.25) is 0 Å². The molecule has 0 unspecified atom stereocenters. The van der Waals surface area contributed by atoms with Crippen LogP contribution < -0.4 is 16.0 Å². The number of pyridine rings is 1. The molecule has 1 spiro atoms. The predicted molar refractivity (Wildman–Crippen MR) is 128 cm³/mol. The van der Waals surface area contributed by atoms with Crippen LogP contribution in [0.25, 0.3) is 0 Å². The molecule has 7 heteroatoms. The van der Waals surface area contributed by atoms with Crippen LogP contribution in [0.15, 0.2) is 77.9 Å². The van der Waals surface area contributed by atoms with Crippen LogP contribution in [0.5, 0.6) is 0 Å². The van der Waals surface area contributed by atoms with Crippen LogP contribution in [0.2, 0.25) is 0 Å². The van der Waals surface area contributed by atoms with E-state index in [1.807, 2.05) is 66.4 Å². The lowest BCUT2D eigenvalue weighted by Crippen LogP contribution is -2.55. The van der Waals surface area contributed by atoms with Crippen molar-refractivity contribution in [2.24, 2.45) is 4.99 Å². The van der Waals surface area contributed by atoms with Crippen LogP contribution in [0.4, 0.5) is 22.0 Å². The molecule has 3 N–H and O–H groups in total. The number of aryl methyl sites for hydroxylation is 1. The van der Waals surface area contributed by atoms with Gasteiger partial charge in [-0.25, -0.2) is 9.78 Å². The Balaban J connectivity index is 1.39. The fraction of sp³-hybridized carbons (Fsp3) is 0.240. The first kappa shape index (κ1) is 20.1. The molecular weight excluding hydrogens is 400 g/mol. The second-order valence-electron chi connectivity index (χ2n) is 8.35. The van der Waals surface area contributed by atoms with Crippen LogP contribution in [0, 0.1) is 6.92 Å². The quantitative estimate of drug-likeness (QED) is 0.576. The first-order valence-corrected chi connectivity index (χ1v) is 10.8. The van der Waals surface area contributed by atoms with E-state index in [2.05, 4.69) is 33.1 Å². The van der Waals surface area contributed by atoms with Gasteiger partial charge in [0.15, 0.2) is 5.82 Å². The Morgan fingerprint density at radius 1 is 1.16 bits per heavy atom. The van der Waals surface area contributed by atoms with E-state index in [9.17, 15) is 4.79 Å². The van der Waals surface area contributed by atoms with E-state index in [4.69, 9.17) is 4.99 Å². The first-order chi connectivity index (χ1) is 15.6. The third-order valence-electron chi connectivity index (χ3n) is 5.96. The molecular formula is C25H26N6O. The highest BCUT2D eigenvalue weighted by molar-refractivity contribution is 6.09. The summed E-state index contributed by atoms with van der Waals surface area (Å²) in [4.78, 5) is 24.2. The number of aliphatic imine (C=N–C) groups is 1. The fourth-order valence-corrected chi connectivity index (χ4v) is 4.30. The maximum absolute atomic E-state index is 13.0. The van der Waals surface area contributed by atoms with Gasteiger partial charge in [0.25, 0.3) is 0 Å². The molecule has 0 bridgehead atoms. The molecule has 2 aliphatic rings. The summed E-state index contributed by atoms with van der Waals surface area (Å²) in [6.45, 7) is 3.72. The number of anilines is 3. The van der Waals surface area contributed by atoms with Gasteiger partial charge in [-0.3, -0.25) is 4.99 Å². The summed E-state index contributed by atoms with van der Waals surface area (Å²) >= 11 is 0. The van der Waals surface area contributed by atoms with Crippen molar-refractivity contribution in [1.82, 2.24) is 9.88 Å². The number of carbonyl (C=O) groups excluding carboxylic acids is 1. The third-order valence-corrected chi connectivity index (χ3v) is 5.96. The number of amidine groups is 1. The number of nitrogens with zero attached hydrogens (tertiary/aromatic N) is 3. The van der Waals surface area contributed by atoms with Crippen LogP contribution in [-0.2, 0) is 6.54 Å². The number of likely N-dealkylation sites (tertiary alicyclic amines) is 1. The molecule has 0 aliphatic carbocycles. The number of aromatic nitrogens is 1. The van der Waals surface area contributed by atoms with Gasteiger partial charge >= 0.3 is 6.03 Å². The zero-order chi connectivity index (χ0) is 22.0. The summed E-state index contributed by atoms with van der Waals surface area (Å²) in [5, 5.41) is 10.1. The zero-order valence-corrected chi connectivity index (χ0v) is 18.0. The standard InChI is InChI=1S/C25H26N6O/c1-18-7-5-10-20(15-18)28-24(32)31-14-12-25(17-31)23(27-16-19-8-3-2-4-9-19)29-22-21(30-25)11-6-13-26-22/h2-11,13,15,30H,12,14,16-17H2,1H3,(H,28,32)(H,26,27,29)/t25-/m1/s1. The second kappa shape index (κ2) is 8.34. The molecule has 1 saturated heterocycles. The van der Waals surface area contributed by atoms with E-state index in [-0.39, 0.29) is 6.03 Å². The fourth-order valence-electron chi connectivity index (χ4n) is 4.30. The topological polar surface area (TPSA) is 81.7 Å². The smallest absolute Gasteiger partial charge is 0.321 e. The third kappa shape index (κ3) is 4.01. The van der Waals surface area contributed by atoms with Gasteiger partial charge in [-0.1, -0.05) is 42.5 Å². The van der Waals surface area contributed by atoms with Gasteiger partial charge in [-0.2, -0.15) is 0 Å². The van der Waals surface area contributed by atoms with Crippen molar-refractivity contribution in [2.75, 3.05) is 29.0 Å². The maximum atomic E-state index is 13.0. The Hall–Kier alpha value is -3.87. The van der Waals surface area contributed by atoms with Gasteiger partial charge in [0, 0.05) is 18.4 Å². The van der Waals surface area contributed by atoms with Crippen molar-refractivity contribution >= 4 is 29.1 Å². The van der Waals surface area contributed by atoms with Gasteiger partial charge in [0.1, 0.15) is 11.4 Å². The lowest BCUT2D eigenvalue weighted by atomic mass is 9.93. The Kier molecular flexibility index (Phi) is 5.23. The molecule has 1 atom stereocenters. The van der Waals surface area contributed by atoms with Crippen LogP contribution >= 0.6 is 0 Å². The maximum Gasteiger partial charge on any atom is 0.321 e. The Morgan fingerprint density at radius 2 is 2.03 bits per heavy atom. The van der Waals surface area contributed by atoms with Gasteiger partial charge in [-0.05, 0) is 48.7 Å².